The summed E-state index contributed by atoms with van der Waals surface area (Å²) >= 11 is 0. The topological polar surface area (TPSA) is 50.9 Å². The molecule has 284 valence electrons. The van der Waals surface area contributed by atoms with Crippen LogP contribution in [0, 0.1) is 20.7 Å². The van der Waals surface area contributed by atoms with Gasteiger partial charge >= 0.3 is 0 Å². The summed E-state index contributed by atoms with van der Waals surface area (Å²) in [5.41, 5.74) is 7.74. The Morgan fingerprint density at radius 2 is 1.35 bits per heavy atom. The summed E-state index contributed by atoms with van der Waals surface area (Å²) < 4.78 is 96.3. The van der Waals surface area contributed by atoms with Crippen LogP contribution in [0.2, 0.25) is 0 Å². The predicted octanol–water partition coefficient (Wildman–Crippen LogP) is 14.0. The third-order valence-electron chi connectivity index (χ3n) is 10.4. The number of phenols is 1. The van der Waals surface area contributed by atoms with Gasteiger partial charge in [-0.1, -0.05) is 132 Å². The van der Waals surface area contributed by atoms with Gasteiger partial charge in [0.05, 0.1) is 38.9 Å². The molecule has 0 unspecified atom stereocenters. The quantitative estimate of drug-likeness (QED) is 0.184. The molecule has 0 aliphatic heterocycles. The van der Waals surface area contributed by atoms with E-state index in [1.165, 1.54) is 0 Å². The van der Waals surface area contributed by atoms with Gasteiger partial charge in [-0.3, -0.25) is 9.55 Å². The van der Waals surface area contributed by atoms with Crippen LogP contribution in [-0.2, 0) is 10.8 Å². The average Bonchev–Trinajstić information content (AvgIpc) is 3.66. The molecule has 0 fully saturated rings. The largest absolute Gasteiger partial charge is 0.507 e. The van der Waals surface area contributed by atoms with Crippen LogP contribution in [0.15, 0.2) is 139 Å². The summed E-state index contributed by atoms with van der Waals surface area (Å²) in [6.07, 6.45) is -0.535. The van der Waals surface area contributed by atoms with Crippen LogP contribution in [0.3, 0.4) is 0 Å². The summed E-state index contributed by atoms with van der Waals surface area (Å²) in [7, 11) is 0. The van der Waals surface area contributed by atoms with E-state index in [-0.39, 0.29) is 39.6 Å². The van der Waals surface area contributed by atoms with Gasteiger partial charge in [0.2, 0.25) is 0 Å². The number of hydrogen-bond donors (Lipinski definition) is 1. The van der Waals surface area contributed by atoms with Gasteiger partial charge in [-0.2, -0.15) is 0 Å². The normalized spacial score (nSPS) is 15.0. The molecule has 57 heavy (non-hydrogen) atoms. The number of aromatic hydroxyl groups is 1. The molecule has 1 N–H and O–H groups in total. The Bertz CT molecular complexity index is 3330. The van der Waals surface area contributed by atoms with Crippen molar-refractivity contribution in [2.75, 3.05) is 0 Å². The minimum atomic E-state index is -2.40. The summed E-state index contributed by atoms with van der Waals surface area (Å²) in [5.74, 6) is 0.440. The Labute approximate surface area is 353 Å². The van der Waals surface area contributed by atoms with Crippen molar-refractivity contribution >= 4 is 11.0 Å². The molecule has 0 bridgehead atoms. The second-order valence-corrected chi connectivity index (χ2v) is 16.7. The molecule has 8 rings (SSSR count). The standard InChI is InChI=1S/C53H51N3O/c1-33-18-23-47(44(27-33)37-19-21-41(22-20-37)52(4,5)6)56-48-17-13-16-43(49(48)55-51(56)45-28-34(2)26-35(3)50(45)57)39-29-40(31-42(30-39)53(7,8)9)46-32-38(24-25-54-46)36-14-11-10-12-15-36/h10-32,57H,1-9H3/i1D3,10D,11D,12D,14D,15D,24D,25D,32D. The number of nitrogens with zero attached hydrogens (tertiary/aromatic N) is 3. The summed E-state index contributed by atoms with van der Waals surface area (Å²) in [6, 6.07) is 24.3. The lowest BCUT2D eigenvalue weighted by Gasteiger charge is -2.22. The monoisotopic (exact) mass is 756 g/mol. The molecule has 2 aromatic heterocycles. The van der Waals surface area contributed by atoms with Gasteiger partial charge in [0.1, 0.15) is 11.6 Å². The molecule has 0 amide bonds. The van der Waals surface area contributed by atoms with Crippen molar-refractivity contribution in [3.63, 3.8) is 0 Å². The highest BCUT2D eigenvalue weighted by Gasteiger charge is 2.25. The highest BCUT2D eigenvalue weighted by Crippen LogP contribution is 2.43. The second kappa shape index (κ2) is 14.4. The van der Waals surface area contributed by atoms with Gasteiger partial charge in [-0.25, -0.2) is 4.98 Å². The van der Waals surface area contributed by atoms with Crippen molar-refractivity contribution in [2.24, 2.45) is 0 Å². The number of aryl methyl sites for hydroxylation is 3. The number of pyridine rings is 1. The number of hydrogen-bond acceptors (Lipinski definition) is 3. The van der Waals surface area contributed by atoms with E-state index in [0.29, 0.717) is 55.9 Å². The van der Waals surface area contributed by atoms with Gasteiger partial charge in [-0.05, 0) is 125 Å². The second-order valence-electron chi connectivity index (χ2n) is 16.7. The van der Waals surface area contributed by atoms with Crippen LogP contribution in [0.1, 0.15) is 84.4 Å². The Hall–Kier alpha value is -6.26. The molecule has 6 aromatic carbocycles. The lowest BCUT2D eigenvalue weighted by atomic mass is 9.83. The van der Waals surface area contributed by atoms with Gasteiger partial charge in [-0.15, -0.1) is 0 Å². The van der Waals surface area contributed by atoms with E-state index in [0.717, 1.165) is 22.3 Å². The van der Waals surface area contributed by atoms with Crippen molar-refractivity contribution in [1.29, 1.82) is 0 Å². The maximum Gasteiger partial charge on any atom is 0.149 e. The van der Waals surface area contributed by atoms with Gasteiger partial charge in [0.15, 0.2) is 0 Å². The van der Waals surface area contributed by atoms with E-state index in [2.05, 4.69) is 25.8 Å². The van der Waals surface area contributed by atoms with Crippen LogP contribution in [0.25, 0.3) is 72.7 Å². The molecule has 0 saturated carbocycles. The van der Waals surface area contributed by atoms with Gasteiger partial charge < -0.3 is 5.11 Å². The molecule has 2 heterocycles. The summed E-state index contributed by atoms with van der Waals surface area (Å²) in [6.45, 7) is 13.8. The Morgan fingerprint density at radius 1 is 0.632 bits per heavy atom. The van der Waals surface area contributed by atoms with E-state index in [1.807, 2.05) is 106 Å². The summed E-state index contributed by atoms with van der Waals surface area (Å²) in [4.78, 5) is 9.78. The zero-order valence-electron chi connectivity index (χ0n) is 44.4. The van der Waals surface area contributed by atoms with Crippen molar-refractivity contribution in [1.82, 2.24) is 14.5 Å². The molecule has 0 spiro atoms. The number of para-hydroxylation sites is 1. The van der Waals surface area contributed by atoms with Crippen LogP contribution >= 0.6 is 0 Å². The number of imidazole rings is 1. The molecule has 8 aromatic rings. The van der Waals surface area contributed by atoms with E-state index >= 15 is 0 Å². The fourth-order valence-corrected chi connectivity index (χ4v) is 7.31. The molecular formula is C53H51N3O. The zero-order chi connectivity index (χ0) is 49.7. The highest BCUT2D eigenvalue weighted by atomic mass is 16.3. The molecule has 0 radical (unpaired) electrons. The number of fused-ring (bicyclic) bond motifs is 1. The van der Waals surface area contributed by atoms with E-state index in [1.54, 1.807) is 24.3 Å². The van der Waals surface area contributed by atoms with Crippen molar-refractivity contribution in [2.45, 2.75) is 73.1 Å². The lowest BCUT2D eigenvalue weighted by Crippen LogP contribution is -2.11. The van der Waals surface area contributed by atoms with E-state index in [4.69, 9.17) is 18.7 Å². The van der Waals surface area contributed by atoms with E-state index in [9.17, 15) is 6.48 Å². The third kappa shape index (κ3) is 7.29. The number of benzene rings is 6. The minimum Gasteiger partial charge on any atom is -0.507 e. The molecule has 0 aliphatic rings. The van der Waals surface area contributed by atoms with Gasteiger partial charge in [0, 0.05) is 27.0 Å². The number of phenolic OH excluding ortho intramolecular Hbond substituents is 1. The Kier molecular flexibility index (Phi) is 6.69. The fourth-order valence-electron chi connectivity index (χ4n) is 7.31. The predicted molar refractivity (Wildman–Crippen MR) is 239 cm³/mol. The molecular weight excluding hydrogens is 695 g/mol. The van der Waals surface area contributed by atoms with E-state index < -0.39 is 54.7 Å². The van der Waals surface area contributed by atoms with Crippen molar-refractivity contribution in [3.8, 4) is 67.5 Å². The smallest absolute Gasteiger partial charge is 0.149 e. The van der Waals surface area contributed by atoms with Crippen LogP contribution < -0.4 is 0 Å². The first-order chi connectivity index (χ1) is 31.7. The van der Waals surface area contributed by atoms with Crippen molar-refractivity contribution < 1.29 is 20.2 Å². The first kappa shape index (κ1) is 26.6. The first-order valence-electron chi connectivity index (χ1n) is 24.5. The fraction of sp³-hybridized carbons (Fsp3) is 0.208. The SMILES string of the molecule is [2H]c1nc(-c2cc(-c3cccc4c3nc(-c3cc(C)cc(C)c3O)n4-c3ccc(C([2H])([2H])[2H])cc3-c3ccc(C(C)(C)C)cc3)cc(C(C)(C)C)c2)c([2H])c(-c2c([2H])c([2H])c([2H])c([2H])c2[2H])c1[2H]. The molecule has 0 saturated heterocycles. The maximum atomic E-state index is 11.8. The zero-order valence-corrected chi connectivity index (χ0v) is 33.4. The first-order valence-corrected chi connectivity index (χ1v) is 19.0. The Balaban J connectivity index is 1.45. The van der Waals surface area contributed by atoms with Crippen LogP contribution in [-0.4, -0.2) is 19.6 Å². The number of aromatic nitrogens is 3. The van der Waals surface area contributed by atoms with Gasteiger partial charge in [0.25, 0.3) is 0 Å². The molecule has 4 nitrogen and oxygen atoms in total. The summed E-state index contributed by atoms with van der Waals surface area (Å²) in [5, 5.41) is 11.8. The van der Waals surface area contributed by atoms with Crippen LogP contribution in [0.4, 0.5) is 0 Å². The average molecular weight is 757 g/mol. The number of rotatable bonds is 6. The Morgan fingerprint density at radius 3 is 2.07 bits per heavy atom. The lowest BCUT2D eigenvalue weighted by molar-refractivity contribution is 0.472. The molecule has 4 heteroatoms. The third-order valence-corrected chi connectivity index (χ3v) is 10.4. The minimum absolute atomic E-state index is 0.0184. The van der Waals surface area contributed by atoms with Crippen LogP contribution in [0.5, 0.6) is 5.75 Å². The molecule has 0 atom stereocenters. The highest BCUT2D eigenvalue weighted by molar-refractivity contribution is 5.98. The molecule has 0 aliphatic carbocycles. The maximum absolute atomic E-state index is 11.8. The van der Waals surface area contributed by atoms with Crippen molar-refractivity contribution in [3.05, 3.63) is 167 Å².